The minimum atomic E-state index is -1.56. The topological polar surface area (TPSA) is 210 Å². The van der Waals surface area contributed by atoms with Gasteiger partial charge in [0.2, 0.25) is 12.2 Å². The molecule has 0 spiro atoms. The summed E-state index contributed by atoms with van der Waals surface area (Å²) in [5, 5.41) is 71.3. The van der Waals surface area contributed by atoms with Gasteiger partial charge in [0.1, 0.15) is 24.4 Å². The van der Waals surface area contributed by atoms with Crippen LogP contribution >= 0.6 is 0 Å². The van der Waals surface area contributed by atoms with Crippen LogP contribution in [0.2, 0.25) is 0 Å². The maximum atomic E-state index is 12.1. The van der Waals surface area contributed by atoms with Crippen LogP contribution in [0, 0.1) is 6.92 Å². The van der Waals surface area contributed by atoms with Crippen LogP contribution in [0.15, 0.2) is 18.2 Å². The lowest BCUT2D eigenvalue weighted by atomic mass is 9.95. The number of carbonyl (C=O) groups is 1. The Morgan fingerprint density at radius 3 is 2.45 bits per heavy atom. The largest absolute Gasteiger partial charge is 0.443 e. The summed E-state index contributed by atoms with van der Waals surface area (Å²) in [6.45, 7) is 6.53. The smallest absolute Gasteiger partial charge is 0.315 e. The van der Waals surface area contributed by atoms with Crippen LogP contribution in [0.1, 0.15) is 54.6 Å². The van der Waals surface area contributed by atoms with Gasteiger partial charge in [-0.05, 0) is 42.9 Å². The van der Waals surface area contributed by atoms with Crippen molar-refractivity contribution >= 4 is 6.03 Å². The van der Waals surface area contributed by atoms with Crippen molar-refractivity contribution in [2.75, 3.05) is 26.4 Å². The van der Waals surface area contributed by atoms with E-state index in [1.807, 2.05) is 39.0 Å². The number of urea groups is 1. The first-order valence-corrected chi connectivity index (χ1v) is 13.3. The molecule has 1 aromatic heterocycles. The highest BCUT2D eigenvalue weighted by Gasteiger charge is 2.45. The third-order valence-electron chi connectivity index (χ3n) is 7.10. The van der Waals surface area contributed by atoms with Gasteiger partial charge in [-0.15, -0.1) is 5.10 Å². The SMILES string of the molecule is Cc1cc(CCNC(=O)NC(C)(CO)CO)ccc1Cc1c(O[C@@H]2O[C@H](CO)[C@@H](O)[C@H](O)[C@H]2O)n[nH]c1C(C)C. The predicted octanol–water partition coefficient (Wildman–Crippen LogP) is -0.804. The molecule has 3 rings (SSSR count). The van der Waals surface area contributed by atoms with E-state index in [9.17, 15) is 35.4 Å². The zero-order chi connectivity index (χ0) is 29.6. The van der Waals surface area contributed by atoms with Crippen LogP contribution < -0.4 is 15.4 Å². The second kappa shape index (κ2) is 13.7. The van der Waals surface area contributed by atoms with Crippen molar-refractivity contribution in [3.8, 4) is 5.88 Å². The summed E-state index contributed by atoms with van der Waals surface area (Å²) in [6, 6.07) is 5.48. The molecule has 1 aromatic carbocycles. The molecule has 224 valence electrons. The molecule has 0 aliphatic carbocycles. The molecule has 1 saturated heterocycles. The minimum absolute atomic E-state index is 0.0740. The van der Waals surface area contributed by atoms with Crippen LogP contribution in [0.5, 0.6) is 5.88 Å². The molecule has 2 aromatic rings. The normalized spacial score (nSPS) is 23.3. The van der Waals surface area contributed by atoms with Crippen molar-refractivity contribution in [1.29, 1.82) is 0 Å². The summed E-state index contributed by atoms with van der Waals surface area (Å²) in [5.74, 6) is 0.259. The van der Waals surface area contributed by atoms with Gasteiger partial charge < -0.3 is 50.7 Å². The number of aliphatic hydroxyl groups excluding tert-OH is 6. The van der Waals surface area contributed by atoms with E-state index in [0.29, 0.717) is 19.4 Å². The van der Waals surface area contributed by atoms with Crippen molar-refractivity contribution < 1.29 is 44.9 Å². The van der Waals surface area contributed by atoms with E-state index in [-0.39, 0.29) is 25.0 Å². The Balaban J connectivity index is 1.70. The maximum absolute atomic E-state index is 12.1. The molecule has 2 amide bonds. The van der Waals surface area contributed by atoms with Gasteiger partial charge in [-0.2, -0.15) is 0 Å². The summed E-state index contributed by atoms with van der Waals surface area (Å²) in [6.07, 6.45) is -6.04. The zero-order valence-electron chi connectivity index (χ0n) is 23.3. The van der Waals surface area contributed by atoms with Gasteiger partial charge in [0.05, 0.1) is 25.4 Å². The molecule has 0 unspecified atom stereocenters. The second-order valence-electron chi connectivity index (χ2n) is 10.8. The third kappa shape index (κ3) is 7.49. The molecule has 9 N–H and O–H groups in total. The average molecular weight is 567 g/mol. The second-order valence-corrected chi connectivity index (χ2v) is 10.8. The number of aliphatic hydroxyl groups is 6. The van der Waals surface area contributed by atoms with Gasteiger partial charge in [0.15, 0.2) is 0 Å². The van der Waals surface area contributed by atoms with Gasteiger partial charge in [-0.25, -0.2) is 4.79 Å². The summed E-state index contributed by atoms with van der Waals surface area (Å²) in [4.78, 5) is 12.1. The molecule has 13 nitrogen and oxygen atoms in total. The number of aromatic amines is 1. The summed E-state index contributed by atoms with van der Waals surface area (Å²) < 4.78 is 11.4. The fourth-order valence-corrected chi connectivity index (χ4v) is 4.45. The Bertz CT molecular complexity index is 1120. The number of aromatic nitrogens is 2. The van der Waals surface area contributed by atoms with Crippen molar-refractivity contribution in [3.63, 3.8) is 0 Å². The lowest BCUT2D eigenvalue weighted by Crippen LogP contribution is -2.60. The highest BCUT2D eigenvalue weighted by Crippen LogP contribution is 2.32. The number of H-pyrrole nitrogens is 1. The van der Waals surface area contributed by atoms with E-state index in [1.54, 1.807) is 6.92 Å². The molecule has 2 heterocycles. The maximum Gasteiger partial charge on any atom is 0.315 e. The fourth-order valence-electron chi connectivity index (χ4n) is 4.45. The zero-order valence-corrected chi connectivity index (χ0v) is 23.3. The fraction of sp³-hybridized carbons (Fsp3) is 0.630. The Morgan fingerprint density at radius 1 is 1.15 bits per heavy atom. The van der Waals surface area contributed by atoms with Crippen molar-refractivity contribution in [2.45, 2.75) is 82.7 Å². The average Bonchev–Trinajstić information content (AvgIpc) is 3.32. The van der Waals surface area contributed by atoms with Gasteiger partial charge in [0, 0.05) is 24.2 Å². The number of rotatable bonds is 12. The number of carbonyl (C=O) groups excluding carboxylic acids is 1. The summed E-state index contributed by atoms with van der Waals surface area (Å²) in [5.41, 5.74) is 3.48. The monoisotopic (exact) mass is 566 g/mol. The van der Waals surface area contributed by atoms with Crippen molar-refractivity contribution in [1.82, 2.24) is 20.8 Å². The van der Waals surface area contributed by atoms with E-state index in [4.69, 9.17) is 9.47 Å². The van der Waals surface area contributed by atoms with Gasteiger partial charge in [0.25, 0.3) is 0 Å². The first-order valence-electron chi connectivity index (χ1n) is 13.3. The Labute approximate surface area is 233 Å². The van der Waals surface area contributed by atoms with Crippen LogP contribution in [-0.4, -0.2) is 109 Å². The molecule has 0 saturated carbocycles. The Hall–Kier alpha value is -2.78. The summed E-state index contributed by atoms with van der Waals surface area (Å²) >= 11 is 0. The van der Waals surface area contributed by atoms with E-state index in [1.165, 1.54) is 0 Å². The number of nitrogens with zero attached hydrogens (tertiary/aromatic N) is 1. The molecule has 5 atom stereocenters. The van der Waals surface area contributed by atoms with Gasteiger partial charge in [-0.1, -0.05) is 32.0 Å². The van der Waals surface area contributed by atoms with E-state index in [2.05, 4.69) is 20.8 Å². The predicted molar refractivity (Wildman–Crippen MR) is 144 cm³/mol. The van der Waals surface area contributed by atoms with Crippen LogP contribution in [0.3, 0.4) is 0 Å². The molecule has 40 heavy (non-hydrogen) atoms. The Morgan fingerprint density at radius 2 is 1.85 bits per heavy atom. The molecule has 1 aliphatic heterocycles. The standard InChI is InChI=1S/C27H42N4O9/c1-14(2)20-18(24(31-30-20)40-25-23(37)22(36)21(35)19(11-32)39-25)10-17-6-5-16(9-15(17)3)7-8-28-26(38)29-27(4,12-33)13-34/h5-6,9,14,19,21-23,25,32-37H,7-8,10-13H2,1-4H3,(H,30,31)(H2,28,29,38)/t19-,21-,22+,23-,25+/m1/s1. The number of hydrogen-bond donors (Lipinski definition) is 9. The van der Waals surface area contributed by atoms with Crippen molar-refractivity contribution in [2.24, 2.45) is 0 Å². The number of nitrogens with one attached hydrogen (secondary N) is 3. The van der Waals surface area contributed by atoms with E-state index in [0.717, 1.165) is 27.9 Å². The Kier molecular flexibility index (Phi) is 10.9. The lowest BCUT2D eigenvalue weighted by Gasteiger charge is -2.39. The number of amides is 2. The van der Waals surface area contributed by atoms with Crippen molar-refractivity contribution in [3.05, 3.63) is 46.1 Å². The number of ether oxygens (including phenoxy) is 2. The van der Waals surface area contributed by atoms with Gasteiger partial charge in [-0.3, -0.25) is 5.10 Å². The molecule has 13 heteroatoms. The quantitative estimate of drug-likeness (QED) is 0.156. The third-order valence-corrected chi connectivity index (χ3v) is 7.10. The van der Waals surface area contributed by atoms with Crippen LogP contribution in [0.4, 0.5) is 4.79 Å². The number of aryl methyl sites for hydroxylation is 1. The molecule has 0 radical (unpaired) electrons. The number of benzene rings is 1. The van der Waals surface area contributed by atoms with E-state index >= 15 is 0 Å². The minimum Gasteiger partial charge on any atom is -0.443 e. The van der Waals surface area contributed by atoms with Crippen LogP contribution in [0.25, 0.3) is 0 Å². The van der Waals surface area contributed by atoms with E-state index < -0.39 is 48.9 Å². The summed E-state index contributed by atoms with van der Waals surface area (Å²) in [7, 11) is 0. The highest BCUT2D eigenvalue weighted by molar-refractivity contribution is 5.74. The first kappa shape index (κ1) is 31.7. The van der Waals surface area contributed by atoms with Crippen LogP contribution in [-0.2, 0) is 17.6 Å². The lowest BCUT2D eigenvalue weighted by molar-refractivity contribution is -0.278. The van der Waals surface area contributed by atoms with Gasteiger partial charge >= 0.3 is 6.03 Å². The molecular weight excluding hydrogens is 524 g/mol. The first-order chi connectivity index (χ1) is 18.9. The highest BCUT2D eigenvalue weighted by atomic mass is 16.7. The molecule has 1 aliphatic rings. The molecule has 1 fully saturated rings. The number of hydrogen-bond acceptors (Lipinski definition) is 10. The molecule has 0 bridgehead atoms. The molecular formula is C27H42N4O9.